The molecule has 6 nitrogen and oxygen atoms in total. The number of carboxylic acid groups (broad SMARTS) is 1. The Balaban J connectivity index is 2.82. The monoisotopic (exact) mass is 206 g/mol. The molecule has 2 aromatic rings. The second kappa shape index (κ2) is 3.30. The first-order chi connectivity index (χ1) is 7.13. The summed E-state index contributed by atoms with van der Waals surface area (Å²) in [5.41, 5.74) is 1.97. The van der Waals surface area contributed by atoms with Gasteiger partial charge >= 0.3 is 5.97 Å². The summed E-state index contributed by atoms with van der Waals surface area (Å²) < 4.78 is 1.26. The molecule has 0 radical (unpaired) electrons. The molecule has 1 N–H and O–H groups in total. The van der Waals surface area contributed by atoms with Gasteiger partial charge in [0.2, 0.25) is 0 Å². The third kappa shape index (κ3) is 1.43. The Hall–Kier alpha value is -1.98. The van der Waals surface area contributed by atoms with Crippen molar-refractivity contribution in [2.45, 2.75) is 20.3 Å². The van der Waals surface area contributed by atoms with Crippen LogP contribution in [0.2, 0.25) is 0 Å². The molecule has 0 spiro atoms. The van der Waals surface area contributed by atoms with E-state index in [1.807, 2.05) is 6.92 Å². The van der Waals surface area contributed by atoms with Crippen LogP contribution in [0, 0.1) is 6.92 Å². The topological polar surface area (TPSA) is 80.4 Å². The lowest BCUT2D eigenvalue weighted by molar-refractivity contribution is 0.0687. The van der Waals surface area contributed by atoms with Gasteiger partial charge in [-0.05, 0) is 19.4 Å². The summed E-state index contributed by atoms with van der Waals surface area (Å²) >= 11 is 0. The Morgan fingerprint density at radius 2 is 2.33 bits per heavy atom. The van der Waals surface area contributed by atoms with E-state index in [2.05, 4.69) is 15.3 Å². The van der Waals surface area contributed by atoms with Gasteiger partial charge in [0.15, 0.2) is 11.3 Å². The minimum atomic E-state index is -1.03. The lowest BCUT2D eigenvalue weighted by atomic mass is 10.3. The zero-order valence-electron chi connectivity index (χ0n) is 8.43. The fourth-order valence-corrected chi connectivity index (χ4v) is 1.42. The smallest absolute Gasteiger partial charge is 0.354 e. The third-order valence-corrected chi connectivity index (χ3v) is 2.12. The first-order valence-corrected chi connectivity index (χ1v) is 4.58. The van der Waals surface area contributed by atoms with E-state index in [1.54, 1.807) is 6.92 Å². The predicted octanol–water partition coefficient (Wildman–Crippen LogP) is 0.693. The van der Waals surface area contributed by atoms with Crippen LogP contribution in [0.1, 0.15) is 28.8 Å². The van der Waals surface area contributed by atoms with Gasteiger partial charge in [-0.25, -0.2) is 9.78 Å². The number of aryl methyl sites for hydroxylation is 2. The molecule has 0 unspecified atom stereocenters. The SMILES string of the molecule is CCc1nnn2c(C(=O)O)cc(C)nc12. The van der Waals surface area contributed by atoms with Gasteiger partial charge in [0.05, 0.1) is 0 Å². The van der Waals surface area contributed by atoms with Crippen LogP contribution in [-0.4, -0.2) is 30.9 Å². The van der Waals surface area contributed by atoms with E-state index in [9.17, 15) is 4.79 Å². The summed E-state index contributed by atoms with van der Waals surface area (Å²) in [5, 5.41) is 16.6. The molecule has 78 valence electrons. The van der Waals surface area contributed by atoms with E-state index in [4.69, 9.17) is 5.11 Å². The predicted molar refractivity (Wildman–Crippen MR) is 51.9 cm³/mol. The highest BCUT2D eigenvalue weighted by molar-refractivity contribution is 5.86. The first-order valence-electron chi connectivity index (χ1n) is 4.58. The summed E-state index contributed by atoms with van der Waals surface area (Å²) in [6.07, 6.45) is 0.680. The van der Waals surface area contributed by atoms with Gasteiger partial charge in [0.1, 0.15) is 5.69 Å². The molecule has 15 heavy (non-hydrogen) atoms. The number of carboxylic acids is 1. The Bertz CT molecular complexity index is 532. The van der Waals surface area contributed by atoms with Crippen LogP contribution >= 0.6 is 0 Å². The van der Waals surface area contributed by atoms with Crippen molar-refractivity contribution >= 4 is 11.6 Å². The highest BCUT2D eigenvalue weighted by atomic mass is 16.4. The first kappa shape index (κ1) is 9.57. The molecule has 0 atom stereocenters. The van der Waals surface area contributed by atoms with Gasteiger partial charge in [-0.1, -0.05) is 12.1 Å². The van der Waals surface area contributed by atoms with Crippen molar-refractivity contribution in [3.8, 4) is 0 Å². The van der Waals surface area contributed by atoms with Crippen molar-refractivity contribution in [2.24, 2.45) is 0 Å². The summed E-state index contributed by atoms with van der Waals surface area (Å²) in [6, 6.07) is 1.48. The Labute approximate surface area is 85.6 Å². The van der Waals surface area contributed by atoms with Crippen LogP contribution in [0.25, 0.3) is 5.65 Å². The fourth-order valence-electron chi connectivity index (χ4n) is 1.42. The maximum absolute atomic E-state index is 10.9. The second-order valence-electron chi connectivity index (χ2n) is 3.21. The number of hydrogen-bond donors (Lipinski definition) is 1. The molecule has 0 saturated heterocycles. The van der Waals surface area contributed by atoms with Crippen molar-refractivity contribution in [1.29, 1.82) is 0 Å². The van der Waals surface area contributed by atoms with Crippen molar-refractivity contribution in [3.63, 3.8) is 0 Å². The number of rotatable bonds is 2. The zero-order chi connectivity index (χ0) is 11.0. The molecule has 2 heterocycles. The van der Waals surface area contributed by atoms with Crippen LogP contribution in [0.5, 0.6) is 0 Å². The largest absolute Gasteiger partial charge is 0.477 e. The molecule has 0 fully saturated rings. The molecule has 0 amide bonds. The number of aromatic carboxylic acids is 1. The molecule has 6 heteroatoms. The Morgan fingerprint density at radius 3 is 2.93 bits per heavy atom. The van der Waals surface area contributed by atoms with E-state index >= 15 is 0 Å². The molecule has 0 bridgehead atoms. The van der Waals surface area contributed by atoms with Crippen molar-refractivity contribution in [2.75, 3.05) is 0 Å². The minimum Gasteiger partial charge on any atom is -0.477 e. The average Bonchev–Trinajstić information content (AvgIpc) is 2.58. The summed E-state index contributed by atoms with van der Waals surface area (Å²) in [4.78, 5) is 15.2. The molecule has 0 aliphatic heterocycles. The van der Waals surface area contributed by atoms with E-state index in [-0.39, 0.29) is 5.69 Å². The van der Waals surface area contributed by atoms with Crippen LogP contribution in [0.4, 0.5) is 0 Å². The van der Waals surface area contributed by atoms with E-state index < -0.39 is 5.97 Å². The number of hydrogen-bond acceptors (Lipinski definition) is 4. The van der Waals surface area contributed by atoms with Crippen molar-refractivity contribution in [1.82, 2.24) is 19.8 Å². The van der Waals surface area contributed by atoms with Gasteiger partial charge in [0, 0.05) is 5.69 Å². The minimum absolute atomic E-state index is 0.0877. The summed E-state index contributed by atoms with van der Waals surface area (Å²) in [7, 11) is 0. The zero-order valence-corrected chi connectivity index (χ0v) is 8.43. The maximum atomic E-state index is 10.9. The van der Waals surface area contributed by atoms with Gasteiger partial charge in [-0.2, -0.15) is 4.52 Å². The van der Waals surface area contributed by atoms with Crippen LogP contribution < -0.4 is 0 Å². The van der Waals surface area contributed by atoms with Gasteiger partial charge in [-0.3, -0.25) is 0 Å². The molecular weight excluding hydrogens is 196 g/mol. The number of carbonyl (C=O) groups is 1. The normalized spacial score (nSPS) is 10.8. The molecule has 2 aromatic heterocycles. The molecular formula is C9H10N4O2. The molecule has 0 aliphatic rings. The lowest BCUT2D eigenvalue weighted by Gasteiger charge is -2.00. The molecule has 0 saturated carbocycles. The van der Waals surface area contributed by atoms with Crippen molar-refractivity contribution < 1.29 is 9.90 Å². The molecule has 2 rings (SSSR count). The van der Waals surface area contributed by atoms with Crippen LogP contribution in [-0.2, 0) is 6.42 Å². The standard InChI is InChI=1S/C9H10N4O2/c1-3-6-8-10-5(2)4-7(9(14)15)13(8)12-11-6/h4H,3H2,1-2H3,(H,14,15). The quantitative estimate of drug-likeness (QED) is 0.782. The Kier molecular flexibility index (Phi) is 2.11. The van der Waals surface area contributed by atoms with Crippen molar-refractivity contribution in [3.05, 3.63) is 23.1 Å². The Morgan fingerprint density at radius 1 is 1.60 bits per heavy atom. The summed E-state index contributed by atoms with van der Waals surface area (Å²) in [6.45, 7) is 3.67. The van der Waals surface area contributed by atoms with Gasteiger partial charge < -0.3 is 5.11 Å². The van der Waals surface area contributed by atoms with Gasteiger partial charge in [0.25, 0.3) is 0 Å². The number of nitrogens with zero attached hydrogens (tertiary/aromatic N) is 4. The average molecular weight is 206 g/mol. The van der Waals surface area contributed by atoms with Gasteiger partial charge in [-0.15, -0.1) is 5.10 Å². The van der Waals surface area contributed by atoms with E-state index in [1.165, 1.54) is 10.6 Å². The maximum Gasteiger partial charge on any atom is 0.354 e. The fraction of sp³-hybridized carbons (Fsp3) is 0.333. The molecule has 0 aliphatic carbocycles. The van der Waals surface area contributed by atoms with Crippen LogP contribution in [0.3, 0.4) is 0 Å². The third-order valence-electron chi connectivity index (χ3n) is 2.12. The second-order valence-corrected chi connectivity index (χ2v) is 3.21. The highest BCUT2D eigenvalue weighted by Crippen LogP contribution is 2.10. The number of aromatic nitrogens is 4. The van der Waals surface area contributed by atoms with E-state index in [0.717, 1.165) is 0 Å². The molecule has 0 aromatic carbocycles. The number of fused-ring (bicyclic) bond motifs is 1. The highest BCUT2D eigenvalue weighted by Gasteiger charge is 2.14. The summed E-state index contributed by atoms with van der Waals surface area (Å²) in [5.74, 6) is -1.03. The lowest BCUT2D eigenvalue weighted by Crippen LogP contribution is -2.08. The van der Waals surface area contributed by atoms with E-state index in [0.29, 0.717) is 23.5 Å². The van der Waals surface area contributed by atoms with Crippen LogP contribution in [0.15, 0.2) is 6.07 Å².